The summed E-state index contributed by atoms with van der Waals surface area (Å²) in [5, 5.41) is 11.9. The van der Waals surface area contributed by atoms with Gasteiger partial charge in [-0.15, -0.1) is 0 Å². The molecule has 0 aromatic carbocycles. The first-order chi connectivity index (χ1) is 29.2. The van der Waals surface area contributed by atoms with Crippen LogP contribution in [0.3, 0.4) is 0 Å². The molecule has 0 aliphatic carbocycles. The van der Waals surface area contributed by atoms with E-state index in [1.807, 2.05) is 0 Å². The van der Waals surface area contributed by atoms with Gasteiger partial charge in [-0.05, 0) is 104 Å². The number of hydrogen-bond donors (Lipinski definition) is 1. The lowest BCUT2D eigenvalue weighted by molar-refractivity contribution is -0.150. The van der Waals surface area contributed by atoms with E-state index < -0.39 is 5.60 Å². The number of nitrogens with zero attached hydrogens (tertiary/aromatic N) is 1. The molecule has 1 saturated heterocycles. The van der Waals surface area contributed by atoms with Crippen LogP contribution in [0.25, 0.3) is 0 Å². The number of rotatable bonds is 42. The van der Waals surface area contributed by atoms with Gasteiger partial charge in [-0.1, -0.05) is 169 Å². The van der Waals surface area contributed by atoms with Crippen molar-refractivity contribution in [2.75, 3.05) is 40.0 Å². The van der Waals surface area contributed by atoms with Crippen molar-refractivity contribution in [2.24, 2.45) is 17.8 Å². The van der Waals surface area contributed by atoms with Crippen LogP contribution in [0.5, 0.6) is 0 Å². The predicted octanol–water partition coefficient (Wildman–Crippen LogP) is 13.9. The summed E-state index contributed by atoms with van der Waals surface area (Å²) in [7, 11) is 2.10. The van der Waals surface area contributed by atoms with E-state index in [1.54, 1.807) is 0 Å². The van der Waals surface area contributed by atoms with Crippen molar-refractivity contribution in [1.29, 1.82) is 0 Å². The van der Waals surface area contributed by atoms with E-state index in [4.69, 9.17) is 14.2 Å². The Morgan fingerprint density at radius 3 is 1.27 bits per heavy atom. The Labute approximate surface area is 371 Å². The molecule has 0 amide bonds. The Balaban J connectivity index is 2.50. The van der Waals surface area contributed by atoms with E-state index in [0.29, 0.717) is 26.2 Å². The van der Waals surface area contributed by atoms with Crippen molar-refractivity contribution < 1.29 is 33.7 Å². The van der Waals surface area contributed by atoms with Gasteiger partial charge in [0.25, 0.3) is 0 Å². The summed E-state index contributed by atoms with van der Waals surface area (Å²) in [5.74, 6) is 0.0502. The Kier molecular flexibility index (Phi) is 36.6. The zero-order valence-corrected chi connectivity index (χ0v) is 40.4. The van der Waals surface area contributed by atoms with Gasteiger partial charge in [0.15, 0.2) is 0 Å². The number of hydrogen-bond acceptors (Lipinski definition) is 8. The van der Waals surface area contributed by atoms with Gasteiger partial charge in [0.1, 0.15) is 0 Å². The van der Waals surface area contributed by atoms with E-state index in [-0.39, 0.29) is 35.7 Å². The lowest BCUT2D eigenvalue weighted by atomic mass is 9.85. The molecular formula is C52H99NO7. The second-order valence-corrected chi connectivity index (χ2v) is 18.9. The van der Waals surface area contributed by atoms with Crippen LogP contribution >= 0.6 is 0 Å². The fraction of sp³-hybridized carbons (Fsp3) is 0.942. The van der Waals surface area contributed by atoms with Gasteiger partial charge < -0.3 is 24.2 Å². The van der Waals surface area contributed by atoms with Gasteiger partial charge >= 0.3 is 17.9 Å². The summed E-state index contributed by atoms with van der Waals surface area (Å²) >= 11 is 0. The number of ether oxygens (including phenoxy) is 3. The smallest absolute Gasteiger partial charge is 0.309 e. The highest BCUT2D eigenvalue weighted by Gasteiger charge is 2.27. The highest BCUT2D eigenvalue weighted by Crippen LogP contribution is 2.29. The Morgan fingerprint density at radius 1 is 0.483 bits per heavy atom. The number of aliphatic hydroxyl groups is 1. The normalized spacial score (nSPS) is 15.7. The summed E-state index contributed by atoms with van der Waals surface area (Å²) in [6.07, 6.45) is 36.3. The zero-order chi connectivity index (χ0) is 43.9. The number of esters is 3. The maximum Gasteiger partial charge on any atom is 0.309 e. The molecule has 1 aliphatic heterocycles. The van der Waals surface area contributed by atoms with Crippen LogP contribution in [-0.2, 0) is 28.6 Å². The molecule has 1 heterocycles. The molecule has 354 valence electrons. The van der Waals surface area contributed by atoms with Gasteiger partial charge in [0, 0.05) is 0 Å². The molecule has 2 unspecified atom stereocenters. The Hall–Kier alpha value is -1.67. The minimum Gasteiger partial charge on any atom is -0.465 e. The van der Waals surface area contributed by atoms with Crippen molar-refractivity contribution in [2.45, 2.75) is 258 Å². The van der Waals surface area contributed by atoms with E-state index in [1.165, 1.54) is 64.2 Å². The molecule has 8 heteroatoms. The minimum atomic E-state index is -0.733. The Morgan fingerprint density at radius 2 is 0.817 bits per heavy atom. The minimum absolute atomic E-state index is 0.00114. The molecule has 1 rings (SSSR count). The van der Waals surface area contributed by atoms with Crippen molar-refractivity contribution in [3.8, 4) is 0 Å². The quantitative estimate of drug-likeness (QED) is 0.0368. The van der Waals surface area contributed by atoms with Crippen LogP contribution in [0.15, 0.2) is 0 Å². The number of carbonyl (C=O) groups is 3. The van der Waals surface area contributed by atoms with Crippen molar-refractivity contribution in [3.63, 3.8) is 0 Å². The second-order valence-electron chi connectivity index (χ2n) is 18.9. The predicted molar refractivity (Wildman–Crippen MR) is 250 cm³/mol. The molecule has 60 heavy (non-hydrogen) atoms. The Bertz CT molecular complexity index is 958. The molecule has 1 aliphatic rings. The van der Waals surface area contributed by atoms with Crippen LogP contribution in [0.4, 0.5) is 0 Å². The monoisotopic (exact) mass is 850 g/mol. The van der Waals surface area contributed by atoms with Gasteiger partial charge in [-0.2, -0.15) is 0 Å². The second kappa shape index (κ2) is 39.0. The summed E-state index contributed by atoms with van der Waals surface area (Å²) in [6.45, 7) is 12.2. The fourth-order valence-electron chi connectivity index (χ4n) is 8.87. The third kappa shape index (κ3) is 30.4. The first-order valence-electron chi connectivity index (χ1n) is 26.1. The first-order valence-corrected chi connectivity index (χ1v) is 26.1. The molecule has 0 spiro atoms. The zero-order valence-electron chi connectivity index (χ0n) is 40.4. The van der Waals surface area contributed by atoms with E-state index in [9.17, 15) is 19.5 Å². The molecule has 1 N–H and O–H groups in total. The van der Waals surface area contributed by atoms with Crippen LogP contribution in [0, 0.1) is 17.8 Å². The van der Waals surface area contributed by atoms with E-state index in [0.717, 1.165) is 167 Å². The molecule has 0 saturated carbocycles. The highest BCUT2D eigenvalue weighted by atomic mass is 16.5. The molecule has 0 bridgehead atoms. The van der Waals surface area contributed by atoms with Gasteiger partial charge in [0.05, 0.1) is 43.2 Å². The number of likely N-dealkylation sites (tertiary alicyclic amines) is 1. The third-order valence-electron chi connectivity index (χ3n) is 13.2. The maximum atomic E-state index is 12.9. The molecule has 1 fully saturated rings. The lowest BCUT2D eigenvalue weighted by Gasteiger charge is -2.29. The molecule has 0 aromatic rings. The molecular weight excluding hydrogens is 751 g/mol. The average Bonchev–Trinajstić information content (AvgIpc) is 3.24. The van der Waals surface area contributed by atoms with Crippen LogP contribution < -0.4 is 0 Å². The standard InChI is InChI=1S/C52H99NO7/c1-6-10-14-16-18-24-34-46(32-12-8-3)49(54)58-43-29-22-20-26-38-52(57,40-28-31-45-60-51(56)48-36-41-53(5)42-37-48)39-27-21-23-30-44-59-50(55)47(33-13-9-4)35-25-19-17-15-11-7-2/h46-48,57H,6-45H2,1-5H3. The summed E-state index contributed by atoms with van der Waals surface area (Å²) < 4.78 is 17.2. The molecule has 8 nitrogen and oxygen atoms in total. The summed E-state index contributed by atoms with van der Waals surface area (Å²) in [4.78, 5) is 40.8. The SMILES string of the molecule is CCCCCCCCC(CCCC)C(=O)OCCCCCCC(O)(CCCCCCOC(=O)C(CCCC)CCCCCCCC)CCCCOC(=O)C1CCN(C)CC1. The number of piperidine rings is 1. The summed E-state index contributed by atoms with van der Waals surface area (Å²) in [5.41, 5.74) is -0.733. The topological polar surface area (TPSA) is 102 Å². The highest BCUT2D eigenvalue weighted by molar-refractivity contribution is 5.73. The first kappa shape index (κ1) is 56.3. The average molecular weight is 850 g/mol. The molecule has 0 radical (unpaired) electrons. The van der Waals surface area contributed by atoms with E-state index >= 15 is 0 Å². The van der Waals surface area contributed by atoms with Gasteiger partial charge in [0.2, 0.25) is 0 Å². The van der Waals surface area contributed by atoms with Crippen LogP contribution in [0.2, 0.25) is 0 Å². The van der Waals surface area contributed by atoms with E-state index in [2.05, 4.69) is 39.6 Å². The fourth-order valence-corrected chi connectivity index (χ4v) is 8.87. The largest absolute Gasteiger partial charge is 0.465 e. The molecule has 0 aromatic heterocycles. The third-order valence-corrected chi connectivity index (χ3v) is 13.2. The maximum absolute atomic E-state index is 12.9. The summed E-state index contributed by atoms with van der Waals surface area (Å²) in [6, 6.07) is 0. The lowest BCUT2D eigenvalue weighted by Crippen LogP contribution is -2.34. The van der Waals surface area contributed by atoms with Gasteiger partial charge in [-0.25, -0.2) is 0 Å². The van der Waals surface area contributed by atoms with Crippen LogP contribution in [0.1, 0.15) is 252 Å². The van der Waals surface area contributed by atoms with Gasteiger partial charge in [-0.3, -0.25) is 14.4 Å². The van der Waals surface area contributed by atoms with Crippen molar-refractivity contribution in [3.05, 3.63) is 0 Å². The van der Waals surface area contributed by atoms with Crippen molar-refractivity contribution >= 4 is 17.9 Å². The number of unbranched alkanes of at least 4 members (excludes halogenated alkanes) is 19. The molecule has 2 atom stereocenters. The van der Waals surface area contributed by atoms with Crippen LogP contribution in [-0.4, -0.2) is 73.5 Å². The number of carbonyl (C=O) groups excluding carboxylic acids is 3. The van der Waals surface area contributed by atoms with Crippen molar-refractivity contribution in [1.82, 2.24) is 4.90 Å².